The van der Waals surface area contributed by atoms with Crippen molar-refractivity contribution in [2.45, 2.75) is 6.42 Å². The van der Waals surface area contributed by atoms with E-state index in [1.807, 2.05) is 0 Å². The van der Waals surface area contributed by atoms with Gasteiger partial charge in [-0.3, -0.25) is 4.79 Å². The molecule has 2 N–H and O–H groups in total. The zero-order valence-electron chi connectivity index (χ0n) is 8.31. The van der Waals surface area contributed by atoms with E-state index < -0.39 is 0 Å². The first-order valence-electron chi connectivity index (χ1n) is 4.53. The fraction of sp³-hybridized carbons (Fsp3) is 0.300. The number of halogens is 2. The van der Waals surface area contributed by atoms with Crippen LogP contribution in [0.1, 0.15) is 6.42 Å². The van der Waals surface area contributed by atoms with Crippen molar-refractivity contribution in [2.24, 2.45) is 0 Å². The Bertz CT molecular complexity index is 357. The monoisotopic (exact) mass is 230 g/mol. The van der Waals surface area contributed by atoms with Crippen LogP contribution in [0.15, 0.2) is 18.2 Å². The van der Waals surface area contributed by atoms with Crippen molar-refractivity contribution in [3.8, 4) is 0 Å². The molecule has 0 heterocycles. The predicted molar refractivity (Wildman–Crippen MR) is 58.6 cm³/mol. The molecule has 0 fully saturated rings. The smallest absolute Gasteiger partial charge is 0.221 e. The first-order chi connectivity index (χ1) is 7.13. The van der Waals surface area contributed by atoms with Crippen molar-refractivity contribution in [2.75, 3.05) is 18.9 Å². The lowest BCUT2D eigenvalue weighted by molar-refractivity contribution is -0.120. The number of hydrogen-bond acceptors (Lipinski definition) is 2. The number of benzene rings is 1. The minimum Gasteiger partial charge on any atom is -0.383 e. The average Bonchev–Trinajstić information content (AvgIpc) is 2.21. The predicted octanol–water partition coefficient (Wildman–Crippen LogP) is 2.03. The molecule has 0 spiro atoms. The number of nitrogens with one attached hydrogen (secondary N) is 2. The minimum atomic E-state index is -0.378. The van der Waals surface area contributed by atoms with Crippen molar-refractivity contribution < 1.29 is 9.18 Å². The number of carbonyl (C=O) groups is 1. The van der Waals surface area contributed by atoms with Gasteiger partial charge in [-0.1, -0.05) is 11.6 Å². The molecule has 5 heteroatoms. The quantitative estimate of drug-likeness (QED) is 0.831. The summed E-state index contributed by atoms with van der Waals surface area (Å²) in [5.74, 6) is -0.433. The molecule has 0 aliphatic rings. The van der Waals surface area contributed by atoms with Crippen LogP contribution in [0.2, 0.25) is 5.02 Å². The van der Waals surface area contributed by atoms with Crippen LogP contribution in [0.3, 0.4) is 0 Å². The van der Waals surface area contributed by atoms with Gasteiger partial charge in [-0.2, -0.15) is 0 Å². The summed E-state index contributed by atoms with van der Waals surface area (Å²) in [6.07, 6.45) is 0.351. The van der Waals surface area contributed by atoms with Crippen LogP contribution >= 0.6 is 11.6 Å². The lowest BCUT2D eigenvalue weighted by atomic mass is 10.3. The van der Waals surface area contributed by atoms with Gasteiger partial charge in [0, 0.05) is 20.0 Å². The molecule has 0 bridgehead atoms. The van der Waals surface area contributed by atoms with Crippen LogP contribution < -0.4 is 10.6 Å². The zero-order chi connectivity index (χ0) is 11.3. The number of anilines is 1. The minimum absolute atomic E-state index is 0.0549. The molecular formula is C10H12ClFN2O. The highest BCUT2D eigenvalue weighted by molar-refractivity contribution is 6.33. The summed E-state index contributed by atoms with van der Waals surface area (Å²) in [5.41, 5.74) is 0.627. The molecule has 3 nitrogen and oxygen atoms in total. The van der Waals surface area contributed by atoms with Crippen molar-refractivity contribution in [1.29, 1.82) is 0 Å². The van der Waals surface area contributed by atoms with E-state index in [1.54, 1.807) is 13.1 Å². The highest BCUT2D eigenvalue weighted by atomic mass is 35.5. The Labute approximate surface area is 92.6 Å². The number of rotatable bonds is 4. The van der Waals surface area contributed by atoms with Gasteiger partial charge >= 0.3 is 0 Å². The van der Waals surface area contributed by atoms with E-state index in [9.17, 15) is 9.18 Å². The highest BCUT2D eigenvalue weighted by Crippen LogP contribution is 2.21. The van der Waals surface area contributed by atoms with Gasteiger partial charge in [0.15, 0.2) is 0 Å². The summed E-state index contributed by atoms with van der Waals surface area (Å²) in [7, 11) is 1.58. The number of amides is 1. The maximum atomic E-state index is 12.7. The van der Waals surface area contributed by atoms with Gasteiger partial charge in [-0.05, 0) is 18.2 Å². The van der Waals surface area contributed by atoms with Gasteiger partial charge in [-0.15, -0.1) is 0 Å². The molecular weight excluding hydrogens is 219 g/mol. The second kappa shape index (κ2) is 5.56. The van der Waals surface area contributed by atoms with Crippen molar-refractivity contribution >= 4 is 23.2 Å². The molecule has 15 heavy (non-hydrogen) atoms. The van der Waals surface area contributed by atoms with Gasteiger partial charge in [0.05, 0.1) is 10.7 Å². The van der Waals surface area contributed by atoms with E-state index in [0.29, 0.717) is 23.7 Å². The van der Waals surface area contributed by atoms with E-state index in [1.165, 1.54) is 12.1 Å². The van der Waals surface area contributed by atoms with Crippen LogP contribution in [0.25, 0.3) is 0 Å². The Balaban J connectivity index is 2.47. The molecule has 1 amide bonds. The second-order valence-electron chi connectivity index (χ2n) is 2.97. The molecule has 1 rings (SSSR count). The molecule has 0 aliphatic carbocycles. The maximum Gasteiger partial charge on any atom is 0.221 e. The molecule has 0 atom stereocenters. The topological polar surface area (TPSA) is 41.1 Å². The molecule has 0 aliphatic heterocycles. The third-order valence-electron chi connectivity index (χ3n) is 1.88. The number of hydrogen-bond donors (Lipinski definition) is 2. The largest absolute Gasteiger partial charge is 0.383 e. The summed E-state index contributed by atoms with van der Waals surface area (Å²) in [5, 5.41) is 5.76. The van der Waals surface area contributed by atoms with Gasteiger partial charge in [0.2, 0.25) is 5.91 Å². The summed E-state index contributed by atoms with van der Waals surface area (Å²) >= 11 is 5.78. The zero-order valence-corrected chi connectivity index (χ0v) is 9.07. The molecule has 0 radical (unpaired) electrons. The Hall–Kier alpha value is -1.29. The Morgan fingerprint density at radius 2 is 2.27 bits per heavy atom. The Morgan fingerprint density at radius 3 is 2.87 bits per heavy atom. The van der Waals surface area contributed by atoms with Crippen molar-refractivity contribution in [3.05, 3.63) is 29.0 Å². The van der Waals surface area contributed by atoms with Gasteiger partial charge < -0.3 is 10.6 Å². The fourth-order valence-corrected chi connectivity index (χ4v) is 1.30. The van der Waals surface area contributed by atoms with E-state index in [4.69, 9.17) is 11.6 Å². The fourth-order valence-electron chi connectivity index (χ4n) is 1.07. The van der Waals surface area contributed by atoms with E-state index in [0.717, 1.165) is 0 Å². The van der Waals surface area contributed by atoms with Crippen LogP contribution in [0, 0.1) is 5.82 Å². The SMILES string of the molecule is CNC(=O)CCNc1ccc(F)cc1Cl. The molecule has 0 unspecified atom stereocenters. The standard InChI is InChI=1S/C10H12ClFN2O/c1-13-10(15)4-5-14-9-3-2-7(12)6-8(9)11/h2-3,6,14H,4-5H2,1H3,(H,13,15). The Morgan fingerprint density at radius 1 is 1.53 bits per heavy atom. The van der Waals surface area contributed by atoms with Crippen molar-refractivity contribution in [1.82, 2.24) is 5.32 Å². The van der Waals surface area contributed by atoms with E-state index >= 15 is 0 Å². The van der Waals surface area contributed by atoms with Gasteiger partial charge in [0.1, 0.15) is 5.82 Å². The van der Waals surface area contributed by atoms with Gasteiger partial charge in [-0.25, -0.2) is 4.39 Å². The second-order valence-corrected chi connectivity index (χ2v) is 3.38. The summed E-state index contributed by atoms with van der Waals surface area (Å²) in [4.78, 5) is 10.9. The Kier molecular flexibility index (Phi) is 4.37. The molecule has 1 aromatic rings. The summed E-state index contributed by atoms with van der Waals surface area (Å²) < 4.78 is 12.7. The van der Waals surface area contributed by atoms with Crippen LogP contribution in [0.5, 0.6) is 0 Å². The van der Waals surface area contributed by atoms with E-state index in [2.05, 4.69) is 10.6 Å². The molecule has 82 valence electrons. The lowest BCUT2D eigenvalue weighted by Gasteiger charge is -2.07. The first kappa shape index (κ1) is 11.8. The first-order valence-corrected chi connectivity index (χ1v) is 4.91. The number of carbonyl (C=O) groups excluding carboxylic acids is 1. The summed E-state index contributed by atoms with van der Waals surface area (Å²) in [6, 6.07) is 4.08. The maximum absolute atomic E-state index is 12.7. The highest BCUT2D eigenvalue weighted by Gasteiger charge is 2.02. The van der Waals surface area contributed by atoms with Crippen molar-refractivity contribution in [3.63, 3.8) is 0 Å². The third-order valence-corrected chi connectivity index (χ3v) is 2.19. The molecule has 0 saturated heterocycles. The summed E-state index contributed by atoms with van der Waals surface area (Å²) in [6.45, 7) is 0.463. The van der Waals surface area contributed by atoms with Gasteiger partial charge in [0.25, 0.3) is 0 Å². The van der Waals surface area contributed by atoms with E-state index in [-0.39, 0.29) is 11.7 Å². The lowest BCUT2D eigenvalue weighted by Crippen LogP contribution is -2.20. The normalized spacial score (nSPS) is 9.80. The van der Waals surface area contributed by atoms with Crippen LogP contribution in [-0.4, -0.2) is 19.5 Å². The molecule has 0 aromatic heterocycles. The van der Waals surface area contributed by atoms with Crippen LogP contribution in [-0.2, 0) is 4.79 Å². The molecule has 1 aromatic carbocycles. The molecule has 0 saturated carbocycles. The third kappa shape index (κ3) is 3.75. The van der Waals surface area contributed by atoms with Crippen LogP contribution in [0.4, 0.5) is 10.1 Å². The average molecular weight is 231 g/mol.